The molecule has 2 rings (SSSR count). The first-order valence-electron chi connectivity index (χ1n) is 5.53. The summed E-state index contributed by atoms with van der Waals surface area (Å²) in [6.45, 7) is 5.86. The molecule has 78 valence electrons. The average molecular weight is 194 g/mol. The van der Waals surface area contributed by atoms with Crippen LogP contribution in [-0.4, -0.2) is 11.6 Å². The summed E-state index contributed by atoms with van der Waals surface area (Å²) in [6.07, 6.45) is 6.61. The van der Waals surface area contributed by atoms with E-state index in [-0.39, 0.29) is 11.6 Å². The molecule has 0 spiro atoms. The maximum atomic E-state index is 11.7. The van der Waals surface area contributed by atoms with Crippen molar-refractivity contribution >= 4 is 5.97 Å². The van der Waals surface area contributed by atoms with Crippen molar-refractivity contribution in [3.63, 3.8) is 0 Å². The summed E-state index contributed by atoms with van der Waals surface area (Å²) < 4.78 is 5.52. The molecule has 0 bridgehead atoms. The molecule has 0 aliphatic heterocycles. The minimum absolute atomic E-state index is 0.156. The topological polar surface area (TPSA) is 26.3 Å². The van der Waals surface area contributed by atoms with Gasteiger partial charge in [0.2, 0.25) is 0 Å². The molecule has 2 nitrogen and oxygen atoms in total. The van der Waals surface area contributed by atoms with Crippen LogP contribution in [0.15, 0.2) is 12.2 Å². The van der Waals surface area contributed by atoms with Gasteiger partial charge in [-0.25, -0.2) is 4.79 Å². The van der Waals surface area contributed by atoms with Crippen molar-refractivity contribution in [3.8, 4) is 0 Å². The number of rotatable bonds is 3. The van der Waals surface area contributed by atoms with E-state index < -0.39 is 0 Å². The van der Waals surface area contributed by atoms with Gasteiger partial charge in [0.25, 0.3) is 0 Å². The Morgan fingerprint density at radius 1 is 1.36 bits per heavy atom. The number of ether oxygens (including phenoxy) is 1. The van der Waals surface area contributed by atoms with Gasteiger partial charge in [-0.15, -0.1) is 0 Å². The molecule has 0 aromatic rings. The van der Waals surface area contributed by atoms with Crippen molar-refractivity contribution in [2.75, 3.05) is 0 Å². The number of hydrogen-bond acceptors (Lipinski definition) is 2. The monoisotopic (exact) mass is 194 g/mol. The molecular weight excluding hydrogens is 176 g/mol. The molecule has 14 heavy (non-hydrogen) atoms. The molecule has 0 saturated heterocycles. The Labute approximate surface area is 85.3 Å². The Balaban J connectivity index is 1.89. The molecule has 0 radical (unpaired) electrons. The van der Waals surface area contributed by atoms with Crippen LogP contribution in [0.4, 0.5) is 0 Å². The summed E-state index contributed by atoms with van der Waals surface area (Å²) in [4.78, 5) is 11.7. The second kappa shape index (κ2) is 3.41. The smallest absolute Gasteiger partial charge is 0.334 e. The van der Waals surface area contributed by atoms with E-state index in [4.69, 9.17) is 4.74 Å². The van der Waals surface area contributed by atoms with Crippen molar-refractivity contribution in [3.05, 3.63) is 12.2 Å². The molecule has 0 heterocycles. The van der Waals surface area contributed by atoms with E-state index in [9.17, 15) is 4.79 Å². The van der Waals surface area contributed by atoms with E-state index in [1.54, 1.807) is 0 Å². The Morgan fingerprint density at radius 3 is 2.43 bits per heavy atom. The molecule has 0 aromatic carbocycles. The van der Waals surface area contributed by atoms with E-state index in [1.165, 1.54) is 12.8 Å². The van der Waals surface area contributed by atoms with E-state index >= 15 is 0 Å². The van der Waals surface area contributed by atoms with Crippen LogP contribution in [0.25, 0.3) is 0 Å². The molecule has 0 N–H and O–H groups in total. The van der Waals surface area contributed by atoms with Gasteiger partial charge in [-0.3, -0.25) is 0 Å². The van der Waals surface area contributed by atoms with Crippen molar-refractivity contribution in [2.45, 2.75) is 51.0 Å². The lowest BCUT2D eigenvalue weighted by Crippen LogP contribution is -2.28. The zero-order valence-electron chi connectivity index (χ0n) is 8.84. The summed E-state index contributed by atoms with van der Waals surface area (Å²) in [5.41, 5.74) is 0.493. The van der Waals surface area contributed by atoms with E-state index in [2.05, 4.69) is 6.58 Å². The second-order valence-corrected chi connectivity index (χ2v) is 4.85. The lowest BCUT2D eigenvalue weighted by molar-refractivity contribution is -0.152. The molecule has 0 unspecified atom stereocenters. The third kappa shape index (κ3) is 1.99. The van der Waals surface area contributed by atoms with Crippen molar-refractivity contribution < 1.29 is 9.53 Å². The van der Waals surface area contributed by atoms with Crippen LogP contribution < -0.4 is 0 Å². The zero-order chi connectivity index (χ0) is 10.2. The van der Waals surface area contributed by atoms with Gasteiger partial charge in [-0.05, 0) is 51.4 Å². The summed E-state index contributed by atoms with van der Waals surface area (Å²) in [5.74, 6) is 0.268. The molecular formula is C12H18O2. The Morgan fingerprint density at radius 2 is 1.93 bits per heavy atom. The SMILES string of the molecule is C=C(C(=O)OC1(C)CCCC1)C1CC1. The van der Waals surface area contributed by atoms with Crippen molar-refractivity contribution in [1.82, 2.24) is 0 Å². The van der Waals surface area contributed by atoms with Crippen LogP contribution >= 0.6 is 0 Å². The first kappa shape index (κ1) is 9.75. The number of carbonyl (C=O) groups excluding carboxylic acids is 1. The summed E-state index contributed by atoms with van der Waals surface area (Å²) in [6, 6.07) is 0. The van der Waals surface area contributed by atoms with Gasteiger partial charge < -0.3 is 4.74 Å². The molecule has 0 amide bonds. The summed E-state index contributed by atoms with van der Waals surface area (Å²) in [7, 11) is 0. The van der Waals surface area contributed by atoms with Crippen LogP contribution in [0, 0.1) is 5.92 Å². The van der Waals surface area contributed by atoms with Crippen LogP contribution in [0.3, 0.4) is 0 Å². The highest BCUT2D eigenvalue weighted by atomic mass is 16.6. The van der Waals surface area contributed by atoms with Crippen LogP contribution in [-0.2, 0) is 9.53 Å². The maximum Gasteiger partial charge on any atom is 0.334 e. The van der Waals surface area contributed by atoms with Gasteiger partial charge in [0, 0.05) is 5.57 Å². The number of hydrogen-bond donors (Lipinski definition) is 0. The van der Waals surface area contributed by atoms with Gasteiger partial charge in [0.1, 0.15) is 5.60 Å². The third-order valence-corrected chi connectivity index (χ3v) is 3.33. The molecule has 0 atom stereocenters. The van der Waals surface area contributed by atoms with Gasteiger partial charge in [0.15, 0.2) is 0 Å². The van der Waals surface area contributed by atoms with Gasteiger partial charge >= 0.3 is 5.97 Å². The largest absolute Gasteiger partial charge is 0.456 e. The summed E-state index contributed by atoms with van der Waals surface area (Å²) in [5, 5.41) is 0. The van der Waals surface area contributed by atoms with Gasteiger partial charge in [0.05, 0.1) is 0 Å². The third-order valence-electron chi connectivity index (χ3n) is 3.33. The second-order valence-electron chi connectivity index (χ2n) is 4.85. The normalized spacial score (nSPS) is 24.6. The standard InChI is InChI=1S/C12H18O2/c1-9(10-5-6-10)11(13)14-12(2)7-3-4-8-12/h10H,1,3-8H2,2H3. The lowest BCUT2D eigenvalue weighted by atomic mass is 10.1. The fraction of sp³-hybridized carbons (Fsp3) is 0.750. The molecule has 0 aromatic heterocycles. The van der Waals surface area contributed by atoms with E-state index in [1.807, 2.05) is 6.92 Å². The Bertz CT molecular complexity index is 257. The predicted octanol–water partition coefficient (Wildman–Crippen LogP) is 2.83. The van der Waals surface area contributed by atoms with Crippen LogP contribution in [0.2, 0.25) is 0 Å². The Kier molecular flexibility index (Phi) is 2.38. The average Bonchev–Trinajstić information content (AvgIpc) is 2.89. The van der Waals surface area contributed by atoms with E-state index in [0.717, 1.165) is 25.7 Å². The fourth-order valence-electron chi connectivity index (χ4n) is 2.11. The Hall–Kier alpha value is -0.790. The molecule has 2 aliphatic rings. The minimum atomic E-state index is -0.199. The van der Waals surface area contributed by atoms with Crippen LogP contribution in [0.5, 0.6) is 0 Å². The maximum absolute atomic E-state index is 11.7. The highest BCUT2D eigenvalue weighted by molar-refractivity contribution is 5.89. The molecule has 2 saturated carbocycles. The summed E-state index contributed by atoms with van der Waals surface area (Å²) >= 11 is 0. The first-order chi connectivity index (χ1) is 6.61. The van der Waals surface area contributed by atoms with Gasteiger partial charge in [-0.2, -0.15) is 0 Å². The fourth-order valence-corrected chi connectivity index (χ4v) is 2.11. The quantitative estimate of drug-likeness (QED) is 0.510. The highest BCUT2D eigenvalue weighted by Crippen LogP contribution is 2.38. The van der Waals surface area contributed by atoms with Gasteiger partial charge in [-0.1, -0.05) is 6.58 Å². The van der Waals surface area contributed by atoms with Crippen LogP contribution in [0.1, 0.15) is 45.4 Å². The number of esters is 1. The molecule has 2 aliphatic carbocycles. The molecule has 2 fully saturated rings. The number of carbonyl (C=O) groups is 1. The zero-order valence-corrected chi connectivity index (χ0v) is 8.84. The minimum Gasteiger partial charge on any atom is -0.456 e. The van der Waals surface area contributed by atoms with Crippen molar-refractivity contribution in [2.24, 2.45) is 5.92 Å². The highest BCUT2D eigenvalue weighted by Gasteiger charge is 2.36. The predicted molar refractivity (Wildman–Crippen MR) is 54.8 cm³/mol. The van der Waals surface area contributed by atoms with Crippen molar-refractivity contribution in [1.29, 1.82) is 0 Å². The van der Waals surface area contributed by atoms with E-state index in [0.29, 0.717) is 11.5 Å². The lowest BCUT2D eigenvalue weighted by Gasteiger charge is -2.24. The molecule has 2 heteroatoms. The first-order valence-corrected chi connectivity index (χ1v) is 5.53.